The number of rotatable bonds is 4. The van der Waals surface area contributed by atoms with Gasteiger partial charge in [0.1, 0.15) is 0 Å². The Bertz CT molecular complexity index is 337. The highest BCUT2D eigenvalue weighted by Crippen LogP contribution is 2.54. The van der Waals surface area contributed by atoms with Crippen molar-refractivity contribution in [2.24, 2.45) is 41.4 Å². The minimum Gasteiger partial charge on any atom is -0.396 e. The van der Waals surface area contributed by atoms with Gasteiger partial charge in [-0.25, -0.2) is 0 Å². The average Bonchev–Trinajstić information content (AvgIpc) is 2.55. The Morgan fingerprint density at radius 2 is 1.59 bits per heavy atom. The monoisotopic (exact) mass is 306 g/mol. The maximum atomic E-state index is 9.92. The first-order valence-corrected chi connectivity index (χ1v) is 10.4. The Morgan fingerprint density at radius 3 is 2.36 bits per heavy atom. The lowest BCUT2D eigenvalue weighted by Crippen LogP contribution is -2.45. The zero-order chi connectivity index (χ0) is 15.5. The van der Waals surface area contributed by atoms with Crippen LogP contribution in [-0.4, -0.2) is 11.7 Å². The van der Waals surface area contributed by atoms with Gasteiger partial charge in [-0.2, -0.15) is 0 Å². The van der Waals surface area contributed by atoms with E-state index in [0.717, 1.165) is 35.5 Å². The Morgan fingerprint density at radius 1 is 0.864 bits per heavy atom. The zero-order valence-electron chi connectivity index (χ0n) is 15.0. The Kier molecular flexibility index (Phi) is 5.87. The number of hydrogen-bond acceptors (Lipinski definition) is 1. The third kappa shape index (κ3) is 3.25. The van der Waals surface area contributed by atoms with Gasteiger partial charge in [0.15, 0.2) is 0 Å². The predicted molar refractivity (Wildman–Crippen MR) is 93.7 cm³/mol. The molecule has 0 radical (unpaired) electrons. The molecule has 0 spiro atoms. The van der Waals surface area contributed by atoms with Crippen molar-refractivity contribution in [3.8, 4) is 0 Å². The quantitative estimate of drug-likeness (QED) is 0.710. The zero-order valence-corrected chi connectivity index (χ0v) is 15.0. The molecule has 0 amide bonds. The van der Waals surface area contributed by atoms with E-state index in [1.54, 1.807) is 0 Å². The second kappa shape index (κ2) is 7.69. The summed E-state index contributed by atoms with van der Waals surface area (Å²) in [6, 6.07) is 0. The van der Waals surface area contributed by atoms with Crippen molar-refractivity contribution < 1.29 is 5.11 Å². The molecule has 128 valence electrons. The molecule has 0 heterocycles. The summed E-state index contributed by atoms with van der Waals surface area (Å²) in [4.78, 5) is 0. The van der Waals surface area contributed by atoms with Crippen molar-refractivity contribution in [3.05, 3.63) is 0 Å². The molecule has 7 atom stereocenters. The topological polar surface area (TPSA) is 20.2 Å². The van der Waals surface area contributed by atoms with E-state index in [0.29, 0.717) is 12.5 Å². The Labute approximate surface area is 138 Å². The summed E-state index contributed by atoms with van der Waals surface area (Å²) in [5.74, 6) is 6.29. The van der Waals surface area contributed by atoms with E-state index < -0.39 is 0 Å². The first-order valence-electron chi connectivity index (χ1n) is 10.4. The molecular weight excluding hydrogens is 268 g/mol. The first kappa shape index (κ1) is 16.8. The van der Waals surface area contributed by atoms with Gasteiger partial charge in [-0.05, 0) is 60.7 Å². The third-order valence-electron chi connectivity index (χ3n) is 7.73. The third-order valence-corrected chi connectivity index (χ3v) is 7.73. The molecule has 0 aromatic carbocycles. The van der Waals surface area contributed by atoms with E-state index >= 15 is 0 Å². The molecule has 7 unspecified atom stereocenters. The highest BCUT2D eigenvalue weighted by Gasteiger charge is 2.46. The Hall–Kier alpha value is -0.0400. The molecule has 0 bridgehead atoms. The van der Waals surface area contributed by atoms with Crippen LogP contribution in [0.15, 0.2) is 0 Å². The van der Waals surface area contributed by atoms with Crippen molar-refractivity contribution in [1.82, 2.24) is 0 Å². The molecule has 1 heteroatoms. The fourth-order valence-corrected chi connectivity index (χ4v) is 6.81. The summed E-state index contributed by atoms with van der Waals surface area (Å²) in [5, 5.41) is 9.92. The van der Waals surface area contributed by atoms with Crippen LogP contribution in [-0.2, 0) is 0 Å². The molecular formula is C21H38O. The van der Waals surface area contributed by atoms with Crippen LogP contribution in [0, 0.1) is 41.4 Å². The van der Waals surface area contributed by atoms with Gasteiger partial charge in [0.05, 0.1) is 0 Å². The van der Waals surface area contributed by atoms with E-state index in [-0.39, 0.29) is 0 Å². The number of fused-ring (bicyclic) bond motifs is 1. The normalized spacial score (nSPS) is 46.2. The number of aliphatic hydroxyl groups excluding tert-OH is 1. The SMILES string of the molecule is CCCC1C(CO)CCC(C)C1C1CCCC2CCCCC21. The van der Waals surface area contributed by atoms with Crippen molar-refractivity contribution in [2.75, 3.05) is 6.61 Å². The molecule has 3 saturated carbocycles. The molecule has 22 heavy (non-hydrogen) atoms. The van der Waals surface area contributed by atoms with Crippen molar-refractivity contribution in [3.63, 3.8) is 0 Å². The predicted octanol–water partition coefficient (Wildman–Crippen LogP) is 5.66. The fourth-order valence-electron chi connectivity index (χ4n) is 6.81. The van der Waals surface area contributed by atoms with E-state index in [2.05, 4.69) is 13.8 Å². The molecule has 1 nitrogen and oxygen atoms in total. The lowest BCUT2D eigenvalue weighted by Gasteiger charge is -2.52. The molecule has 1 N–H and O–H groups in total. The van der Waals surface area contributed by atoms with Gasteiger partial charge in [0, 0.05) is 6.61 Å². The maximum absolute atomic E-state index is 9.92. The molecule has 3 rings (SSSR count). The average molecular weight is 307 g/mol. The summed E-state index contributed by atoms with van der Waals surface area (Å²) < 4.78 is 0. The number of hydrogen-bond donors (Lipinski definition) is 1. The van der Waals surface area contributed by atoms with E-state index in [4.69, 9.17) is 0 Å². The first-order chi connectivity index (χ1) is 10.8. The van der Waals surface area contributed by atoms with Crippen LogP contribution >= 0.6 is 0 Å². The van der Waals surface area contributed by atoms with Crippen LogP contribution in [0.25, 0.3) is 0 Å². The van der Waals surface area contributed by atoms with Crippen molar-refractivity contribution >= 4 is 0 Å². The molecule has 0 aromatic rings. The molecule has 3 aliphatic rings. The molecule has 0 aliphatic heterocycles. The van der Waals surface area contributed by atoms with Crippen LogP contribution in [0.3, 0.4) is 0 Å². The van der Waals surface area contributed by atoms with Gasteiger partial charge in [0.2, 0.25) is 0 Å². The van der Waals surface area contributed by atoms with Crippen LogP contribution in [0.2, 0.25) is 0 Å². The van der Waals surface area contributed by atoms with Gasteiger partial charge in [-0.3, -0.25) is 0 Å². The van der Waals surface area contributed by atoms with Gasteiger partial charge >= 0.3 is 0 Å². The summed E-state index contributed by atoms with van der Waals surface area (Å²) in [7, 11) is 0. The molecule has 0 saturated heterocycles. The van der Waals surface area contributed by atoms with Gasteiger partial charge in [-0.15, -0.1) is 0 Å². The highest BCUT2D eigenvalue weighted by atomic mass is 16.3. The smallest absolute Gasteiger partial charge is 0.0462 e. The lowest BCUT2D eigenvalue weighted by molar-refractivity contribution is -0.0374. The minimum atomic E-state index is 0.439. The standard InChI is InChI=1S/C21H38O/c1-3-7-19-17(14-22)13-12-15(2)21(19)20-11-6-9-16-8-4-5-10-18(16)20/h15-22H,3-14H2,1-2H3. The van der Waals surface area contributed by atoms with Crippen molar-refractivity contribution in [1.29, 1.82) is 0 Å². The van der Waals surface area contributed by atoms with Crippen LogP contribution < -0.4 is 0 Å². The summed E-state index contributed by atoms with van der Waals surface area (Å²) in [6.07, 6.45) is 15.8. The van der Waals surface area contributed by atoms with Gasteiger partial charge in [0.25, 0.3) is 0 Å². The minimum absolute atomic E-state index is 0.439. The molecule has 3 aliphatic carbocycles. The summed E-state index contributed by atoms with van der Waals surface area (Å²) in [6.45, 7) is 5.32. The van der Waals surface area contributed by atoms with Crippen LogP contribution in [0.4, 0.5) is 0 Å². The maximum Gasteiger partial charge on any atom is 0.0462 e. The van der Waals surface area contributed by atoms with Gasteiger partial charge in [-0.1, -0.05) is 65.2 Å². The van der Waals surface area contributed by atoms with Gasteiger partial charge < -0.3 is 5.11 Å². The van der Waals surface area contributed by atoms with Crippen molar-refractivity contribution in [2.45, 2.75) is 84.5 Å². The largest absolute Gasteiger partial charge is 0.396 e. The fraction of sp³-hybridized carbons (Fsp3) is 1.00. The molecule has 3 fully saturated rings. The number of aliphatic hydroxyl groups is 1. The van der Waals surface area contributed by atoms with Crippen LogP contribution in [0.5, 0.6) is 0 Å². The highest BCUT2D eigenvalue weighted by molar-refractivity contribution is 4.95. The lowest BCUT2D eigenvalue weighted by atomic mass is 9.53. The summed E-state index contributed by atoms with van der Waals surface area (Å²) >= 11 is 0. The second-order valence-electron chi connectivity index (χ2n) is 8.83. The van der Waals surface area contributed by atoms with E-state index in [1.165, 1.54) is 70.6 Å². The van der Waals surface area contributed by atoms with E-state index in [9.17, 15) is 5.11 Å². The molecule has 0 aromatic heterocycles. The summed E-state index contributed by atoms with van der Waals surface area (Å²) in [5.41, 5.74) is 0. The van der Waals surface area contributed by atoms with E-state index in [1.807, 2.05) is 0 Å². The second-order valence-corrected chi connectivity index (χ2v) is 8.83. The van der Waals surface area contributed by atoms with Crippen LogP contribution in [0.1, 0.15) is 84.5 Å². The Balaban J connectivity index is 1.81.